The first-order valence-electron chi connectivity index (χ1n) is 5.10. The quantitative estimate of drug-likeness (QED) is 0.709. The van der Waals surface area contributed by atoms with Crippen LogP contribution >= 0.6 is 0 Å². The van der Waals surface area contributed by atoms with Crippen molar-refractivity contribution in [3.05, 3.63) is 0 Å². The maximum Gasteiger partial charge on any atom is 0.301 e. The van der Waals surface area contributed by atoms with Gasteiger partial charge in [-0.05, 0) is 27.2 Å². The Morgan fingerprint density at radius 1 is 1.33 bits per heavy atom. The molecule has 0 aliphatic rings. The molecule has 0 aromatic heterocycles. The van der Waals surface area contributed by atoms with Gasteiger partial charge < -0.3 is 0 Å². The lowest BCUT2D eigenvalue weighted by Crippen LogP contribution is -2.42. The lowest BCUT2D eigenvalue weighted by Gasteiger charge is -2.22. The molecular formula is C9H22N2O3S. The van der Waals surface area contributed by atoms with Crippen LogP contribution in [0.3, 0.4) is 0 Å². The van der Waals surface area contributed by atoms with Gasteiger partial charge in [0.05, 0.1) is 5.60 Å². The Kier molecular flexibility index (Phi) is 5.72. The van der Waals surface area contributed by atoms with E-state index in [9.17, 15) is 8.42 Å². The van der Waals surface area contributed by atoms with E-state index in [1.165, 1.54) is 11.4 Å². The Labute approximate surface area is 92.9 Å². The van der Waals surface area contributed by atoms with E-state index in [1.54, 1.807) is 20.8 Å². The van der Waals surface area contributed by atoms with Crippen molar-refractivity contribution in [3.8, 4) is 0 Å². The van der Waals surface area contributed by atoms with E-state index < -0.39 is 15.8 Å². The number of nitrogens with zero attached hydrogens (tertiary/aromatic N) is 1. The van der Waals surface area contributed by atoms with Crippen LogP contribution in [-0.2, 0) is 15.0 Å². The number of rotatable bonds is 6. The van der Waals surface area contributed by atoms with E-state index in [4.69, 9.17) is 4.84 Å². The second kappa shape index (κ2) is 5.79. The largest absolute Gasteiger partial charge is 0.301 e. The van der Waals surface area contributed by atoms with Crippen LogP contribution in [-0.4, -0.2) is 31.9 Å². The first-order valence-corrected chi connectivity index (χ1v) is 6.54. The van der Waals surface area contributed by atoms with E-state index in [1.807, 2.05) is 6.92 Å². The van der Waals surface area contributed by atoms with Gasteiger partial charge >= 0.3 is 10.2 Å². The third-order valence-corrected chi connectivity index (χ3v) is 2.99. The third-order valence-electron chi connectivity index (χ3n) is 1.69. The Bertz CT molecular complexity index is 270. The Morgan fingerprint density at radius 2 is 1.87 bits per heavy atom. The van der Waals surface area contributed by atoms with Crippen molar-refractivity contribution in [1.82, 2.24) is 9.19 Å². The minimum absolute atomic E-state index is 0.499. The summed E-state index contributed by atoms with van der Waals surface area (Å²) in [6, 6.07) is 0. The summed E-state index contributed by atoms with van der Waals surface area (Å²) in [5.41, 5.74) is -0.529. The van der Waals surface area contributed by atoms with E-state index in [0.29, 0.717) is 6.54 Å². The first kappa shape index (κ1) is 14.8. The molecule has 0 unspecified atom stereocenters. The highest BCUT2D eigenvalue weighted by molar-refractivity contribution is 7.86. The van der Waals surface area contributed by atoms with Gasteiger partial charge in [-0.2, -0.15) is 12.7 Å². The summed E-state index contributed by atoms with van der Waals surface area (Å²) in [5.74, 6) is 0. The SMILES string of the molecule is CCCCN(C)S(=O)(=O)NOC(C)(C)C. The number of nitrogens with one attached hydrogen (secondary N) is 1. The molecule has 0 fully saturated rings. The van der Waals surface area contributed by atoms with Crippen LogP contribution in [0.25, 0.3) is 0 Å². The molecule has 0 heterocycles. The van der Waals surface area contributed by atoms with Crippen molar-refractivity contribution in [2.45, 2.75) is 46.1 Å². The molecule has 5 nitrogen and oxygen atoms in total. The fraction of sp³-hybridized carbons (Fsp3) is 1.00. The average molecular weight is 238 g/mol. The van der Waals surface area contributed by atoms with Crippen LogP contribution < -0.4 is 4.89 Å². The minimum atomic E-state index is -3.50. The molecule has 0 atom stereocenters. The number of unbranched alkanes of at least 4 members (excludes halogenated alkanes) is 1. The Balaban J connectivity index is 4.18. The van der Waals surface area contributed by atoms with Crippen LogP contribution in [0.1, 0.15) is 40.5 Å². The van der Waals surface area contributed by atoms with Crippen molar-refractivity contribution >= 4 is 10.2 Å². The Morgan fingerprint density at radius 3 is 2.27 bits per heavy atom. The lowest BCUT2D eigenvalue weighted by molar-refractivity contribution is -0.0378. The summed E-state index contributed by atoms with van der Waals surface area (Å²) in [7, 11) is -1.97. The zero-order valence-corrected chi connectivity index (χ0v) is 11.0. The zero-order chi connectivity index (χ0) is 12.1. The molecule has 0 aromatic carbocycles. The number of hydrogen-bond donors (Lipinski definition) is 1. The van der Waals surface area contributed by atoms with Crippen molar-refractivity contribution in [2.24, 2.45) is 0 Å². The molecule has 0 spiro atoms. The van der Waals surface area contributed by atoms with E-state index in [2.05, 4.69) is 4.89 Å². The van der Waals surface area contributed by atoms with E-state index in [0.717, 1.165) is 12.8 Å². The maximum absolute atomic E-state index is 11.6. The second-order valence-electron chi connectivity index (χ2n) is 4.48. The normalized spacial score (nSPS) is 13.5. The zero-order valence-electron chi connectivity index (χ0n) is 10.2. The summed E-state index contributed by atoms with van der Waals surface area (Å²) in [5, 5.41) is 0. The van der Waals surface area contributed by atoms with Gasteiger partial charge in [0.25, 0.3) is 0 Å². The first-order chi connectivity index (χ1) is 6.69. The molecule has 0 aliphatic carbocycles. The molecule has 0 aromatic rings. The van der Waals surface area contributed by atoms with Crippen LogP contribution in [0.15, 0.2) is 0 Å². The molecular weight excluding hydrogens is 216 g/mol. The van der Waals surface area contributed by atoms with E-state index >= 15 is 0 Å². The van der Waals surface area contributed by atoms with Gasteiger partial charge in [-0.1, -0.05) is 18.2 Å². The lowest BCUT2D eigenvalue weighted by atomic mass is 10.2. The van der Waals surface area contributed by atoms with Crippen LogP contribution in [0.5, 0.6) is 0 Å². The second-order valence-corrected chi connectivity index (χ2v) is 6.22. The highest BCUT2D eigenvalue weighted by atomic mass is 32.2. The van der Waals surface area contributed by atoms with Gasteiger partial charge in [-0.3, -0.25) is 4.84 Å². The number of hydrogen-bond acceptors (Lipinski definition) is 3. The van der Waals surface area contributed by atoms with Crippen molar-refractivity contribution in [1.29, 1.82) is 0 Å². The maximum atomic E-state index is 11.6. The summed E-state index contributed by atoms with van der Waals surface area (Å²) in [6.45, 7) is 7.85. The molecule has 15 heavy (non-hydrogen) atoms. The van der Waals surface area contributed by atoms with Gasteiger partial charge in [0.1, 0.15) is 0 Å². The predicted molar refractivity (Wildman–Crippen MR) is 60.4 cm³/mol. The average Bonchev–Trinajstić information content (AvgIpc) is 2.10. The molecule has 1 N–H and O–H groups in total. The van der Waals surface area contributed by atoms with Gasteiger partial charge in [0.2, 0.25) is 0 Å². The van der Waals surface area contributed by atoms with E-state index in [-0.39, 0.29) is 0 Å². The highest BCUT2D eigenvalue weighted by Gasteiger charge is 2.20. The smallest absolute Gasteiger partial charge is 0.280 e. The molecule has 0 radical (unpaired) electrons. The van der Waals surface area contributed by atoms with Crippen LogP contribution in [0, 0.1) is 0 Å². The van der Waals surface area contributed by atoms with Crippen molar-refractivity contribution < 1.29 is 13.3 Å². The highest BCUT2D eigenvalue weighted by Crippen LogP contribution is 2.06. The fourth-order valence-corrected chi connectivity index (χ4v) is 1.59. The molecule has 0 saturated heterocycles. The van der Waals surface area contributed by atoms with Gasteiger partial charge in [-0.15, -0.1) is 0 Å². The van der Waals surface area contributed by atoms with Crippen LogP contribution in [0.4, 0.5) is 0 Å². The molecule has 0 rings (SSSR count). The summed E-state index contributed by atoms with van der Waals surface area (Å²) >= 11 is 0. The summed E-state index contributed by atoms with van der Waals surface area (Å²) < 4.78 is 24.4. The van der Waals surface area contributed by atoms with Crippen molar-refractivity contribution in [3.63, 3.8) is 0 Å². The molecule has 0 saturated carbocycles. The molecule has 0 amide bonds. The van der Waals surface area contributed by atoms with Crippen LogP contribution in [0.2, 0.25) is 0 Å². The topological polar surface area (TPSA) is 58.6 Å². The standard InChI is InChI=1S/C9H22N2O3S/c1-6-7-8-11(5)15(12,13)10-14-9(2,3)4/h10H,6-8H2,1-5H3. The predicted octanol–water partition coefficient (Wildman–Crippen LogP) is 1.28. The molecule has 92 valence electrons. The summed E-state index contributed by atoms with van der Waals surface area (Å²) in [6.07, 6.45) is 1.80. The minimum Gasteiger partial charge on any atom is -0.280 e. The van der Waals surface area contributed by atoms with Crippen molar-refractivity contribution in [2.75, 3.05) is 13.6 Å². The fourth-order valence-electron chi connectivity index (χ4n) is 0.742. The summed E-state index contributed by atoms with van der Waals surface area (Å²) in [4.78, 5) is 7.12. The molecule has 0 bridgehead atoms. The van der Waals surface area contributed by atoms with Gasteiger partial charge in [0, 0.05) is 13.6 Å². The van der Waals surface area contributed by atoms with Gasteiger partial charge in [0.15, 0.2) is 0 Å². The molecule has 6 heteroatoms. The third kappa shape index (κ3) is 6.83. The molecule has 0 aliphatic heterocycles. The monoisotopic (exact) mass is 238 g/mol. The van der Waals surface area contributed by atoms with Gasteiger partial charge in [-0.25, -0.2) is 0 Å². The Hall–Kier alpha value is -0.170.